The third-order valence-corrected chi connectivity index (χ3v) is 4.65. The summed E-state index contributed by atoms with van der Waals surface area (Å²) in [5.74, 6) is 1.02. The number of fused-ring (bicyclic) bond motifs is 1. The summed E-state index contributed by atoms with van der Waals surface area (Å²) in [6, 6.07) is 9.02. The van der Waals surface area contributed by atoms with Gasteiger partial charge in [0.1, 0.15) is 12.3 Å². The third-order valence-electron chi connectivity index (χ3n) is 4.65. The van der Waals surface area contributed by atoms with E-state index in [0.717, 1.165) is 18.5 Å². The van der Waals surface area contributed by atoms with E-state index in [0.29, 0.717) is 23.7 Å². The second-order valence-electron chi connectivity index (χ2n) is 6.35. The first-order valence-corrected chi connectivity index (χ1v) is 8.38. The van der Waals surface area contributed by atoms with E-state index in [2.05, 4.69) is 5.16 Å². The summed E-state index contributed by atoms with van der Waals surface area (Å²) in [4.78, 5) is 28.4. The summed E-state index contributed by atoms with van der Waals surface area (Å²) in [6.07, 6.45) is 1.75. The molecule has 0 spiro atoms. The van der Waals surface area contributed by atoms with Gasteiger partial charge in [0.25, 0.3) is 5.91 Å². The first-order valence-electron chi connectivity index (χ1n) is 8.38. The molecule has 1 atom stereocenters. The quantitative estimate of drug-likeness (QED) is 0.854. The zero-order valence-electron chi connectivity index (χ0n) is 14.0. The van der Waals surface area contributed by atoms with Crippen LogP contribution in [-0.4, -0.2) is 41.6 Å². The smallest absolute Gasteiger partial charge is 0.265 e. The molecule has 2 aliphatic rings. The van der Waals surface area contributed by atoms with Gasteiger partial charge in [0.15, 0.2) is 12.4 Å². The molecule has 0 bridgehead atoms. The highest BCUT2D eigenvalue weighted by molar-refractivity contribution is 6.02. The number of anilines is 1. The number of aryl methyl sites for hydroxylation is 1. The van der Waals surface area contributed by atoms with Gasteiger partial charge in [0, 0.05) is 12.6 Å². The Kier molecular flexibility index (Phi) is 3.91. The van der Waals surface area contributed by atoms with Crippen molar-refractivity contribution >= 4 is 17.5 Å². The molecule has 3 heterocycles. The number of carbonyl (C=O) groups excluding carboxylic acids is 2. The maximum atomic E-state index is 12.9. The van der Waals surface area contributed by atoms with Crippen molar-refractivity contribution in [2.45, 2.75) is 25.8 Å². The van der Waals surface area contributed by atoms with Crippen LogP contribution in [0.4, 0.5) is 5.69 Å². The van der Waals surface area contributed by atoms with Crippen molar-refractivity contribution in [1.82, 2.24) is 10.1 Å². The molecule has 0 unspecified atom stereocenters. The van der Waals surface area contributed by atoms with Gasteiger partial charge in [-0.25, -0.2) is 0 Å². The summed E-state index contributed by atoms with van der Waals surface area (Å²) < 4.78 is 10.8. The first-order chi connectivity index (χ1) is 12.1. The molecule has 1 aromatic carbocycles. The Morgan fingerprint density at radius 1 is 1.36 bits per heavy atom. The van der Waals surface area contributed by atoms with Gasteiger partial charge in [-0.05, 0) is 31.9 Å². The highest BCUT2D eigenvalue weighted by atomic mass is 16.5. The fraction of sp³-hybridized carbons (Fsp3) is 0.389. The van der Waals surface area contributed by atoms with Gasteiger partial charge in [-0.2, -0.15) is 0 Å². The predicted octanol–water partition coefficient (Wildman–Crippen LogP) is 2.07. The van der Waals surface area contributed by atoms with Crippen LogP contribution in [0.2, 0.25) is 0 Å². The van der Waals surface area contributed by atoms with Gasteiger partial charge in [0.05, 0.1) is 17.4 Å². The van der Waals surface area contributed by atoms with Crippen LogP contribution in [-0.2, 0) is 9.59 Å². The number of hydrogen-bond acceptors (Lipinski definition) is 5. The Morgan fingerprint density at radius 3 is 3.00 bits per heavy atom. The number of nitrogens with zero attached hydrogens (tertiary/aromatic N) is 3. The summed E-state index contributed by atoms with van der Waals surface area (Å²) >= 11 is 0. The van der Waals surface area contributed by atoms with Crippen molar-refractivity contribution < 1.29 is 18.8 Å². The number of hydrogen-bond donors (Lipinski definition) is 0. The zero-order chi connectivity index (χ0) is 17.4. The Bertz CT molecular complexity index is 816. The molecule has 7 heteroatoms. The molecule has 2 amide bonds. The van der Waals surface area contributed by atoms with Crippen LogP contribution >= 0.6 is 0 Å². The average Bonchev–Trinajstić information content (AvgIpc) is 3.26. The summed E-state index contributed by atoms with van der Waals surface area (Å²) in [6.45, 7) is 2.47. The Balaban J connectivity index is 1.54. The van der Waals surface area contributed by atoms with E-state index in [1.807, 2.05) is 25.1 Å². The topological polar surface area (TPSA) is 75.9 Å². The molecule has 0 radical (unpaired) electrons. The van der Waals surface area contributed by atoms with Crippen molar-refractivity contribution in [2.24, 2.45) is 0 Å². The lowest BCUT2D eigenvalue weighted by Gasteiger charge is -2.31. The van der Waals surface area contributed by atoms with E-state index >= 15 is 0 Å². The highest BCUT2D eigenvalue weighted by Gasteiger charge is 2.35. The minimum atomic E-state index is -0.210. The van der Waals surface area contributed by atoms with E-state index in [9.17, 15) is 9.59 Å². The van der Waals surface area contributed by atoms with Crippen LogP contribution in [0.5, 0.6) is 5.75 Å². The minimum absolute atomic E-state index is 0.00280. The first kappa shape index (κ1) is 15.7. The van der Waals surface area contributed by atoms with Crippen LogP contribution in [0.1, 0.15) is 30.3 Å². The van der Waals surface area contributed by atoms with Gasteiger partial charge < -0.3 is 14.2 Å². The maximum absolute atomic E-state index is 12.9. The number of carbonyl (C=O) groups is 2. The third kappa shape index (κ3) is 2.86. The van der Waals surface area contributed by atoms with E-state index in [4.69, 9.17) is 9.26 Å². The normalized spacial score (nSPS) is 19.7. The molecular formula is C18H19N3O4. The lowest BCUT2D eigenvalue weighted by Crippen LogP contribution is -2.46. The van der Waals surface area contributed by atoms with E-state index in [1.165, 1.54) is 4.90 Å². The Hall–Kier alpha value is -2.83. The number of aromatic nitrogens is 1. The molecule has 1 saturated heterocycles. The number of para-hydroxylation sites is 2. The molecule has 4 rings (SSSR count). The second-order valence-corrected chi connectivity index (χ2v) is 6.35. The summed E-state index contributed by atoms with van der Waals surface area (Å²) in [5, 5.41) is 3.92. The average molecular weight is 341 g/mol. The molecule has 130 valence electrons. The standard InChI is InChI=1S/C18H19N3O4/c1-12-9-16(25-19-12)14-6-4-8-20(14)17(22)10-21-13-5-2-3-7-15(13)24-11-18(21)23/h2-3,5,7,9,14H,4,6,8,10-11H2,1H3/t14-/m1/s1. The number of ether oxygens (including phenoxy) is 1. The monoisotopic (exact) mass is 341 g/mol. The number of rotatable bonds is 3. The number of amides is 2. The Morgan fingerprint density at radius 2 is 2.20 bits per heavy atom. The van der Waals surface area contributed by atoms with E-state index in [-0.39, 0.29) is 31.0 Å². The van der Waals surface area contributed by atoms with Gasteiger partial charge >= 0.3 is 0 Å². The van der Waals surface area contributed by atoms with E-state index in [1.54, 1.807) is 17.0 Å². The van der Waals surface area contributed by atoms with Gasteiger partial charge in [0.2, 0.25) is 5.91 Å². The van der Waals surface area contributed by atoms with Gasteiger partial charge in [-0.3, -0.25) is 14.5 Å². The number of benzene rings is 1. The van der Waals surface area contributed by atoms with Crippen LogP contribution in [0.15, 0.2) is 34.9 Å². The molecule has 0 N–H and O–H groups in total. The largest absolute Gasteiger partial charge is 0.482 e. The van der Waals surface area contributed by atoms with Crippen LogP contribution < -0.4 is 9.64 Å². The molecule has 0 aliphatic carbocycles. The van der Waals surface area contributed by atoms with Crippen molar-refractivity contribution in [3.63, 3.8) is 0 Å². The zero-order valence-corrected chi connectivity index (χ0v) is 14.0. The molecule has 0 saturated carbocycles. The van der Waals surface area contributed by atoms with Crippen LogP contribution in [0.3, 0.4) is 0 Å². The summed E-state index contributed by atoms with van der Waals surface area (Å²) in [5.41, 5.74) is 1.44. The second kappa shape index (κ2) is 6.23. The van der Waals surface area contributed by atoms with Gasteiger partial charge in [-0.15, -0.1) is 0 Å². The molecule has 7 nitrogen and oxygen atoms in total. The minimum Gasteiger partial charge on any atom is -0.482 e. The lowest BCUT2D eigenvalue weighted by molar-refractivity contribution is -0.133. The van der Waals surface area contributed by atoms with E-state index < -0.39 is 0 Å². The maximum Gasteiger partial charge on any atom is 0.265 e. The fourth-order valence-electron chi connectivity index (χ4n) is 3.45. The molecular weight excluding hydrogens is 322 g/mol. The van der Waals surface area contributed by atoms with Crippen molar-refractivity contribution in [2.75, 3.05) is 24.6 Å². The molecule has 2 aliphatic heterocycles. The highest BCUT2D eigenvalue weighted by Crippen LogP contribution is 2.34. The van der Waals surface area contributed by atoms with Crippen LogP contribution in [0, 0.1) is 6.92 Å². The molecule has 1 aromatic heterocycles. The SMILES string of the molecule is Cc1cc([C@H]2CCCN2C(=O)CN2C(=O)COc3ccccc32)on1. The summed E-state index contributed by atoms with van der Waals surface area (Å²) in [7, 11) is 0. The van der Waals surface area contributed by atoms with Crippen molar-refractivity contribution in [1.29, 1.82) is 0 Å². The van der Waals surface area contributed by atoms with Gasteiger partial charge in [-0.1, -0.05) is 17.3 Å². The number of likely N-dealkylation sites (tertiary alicyclic amines) is 1. The lowest BCUT2D eigenvalue weighted by atomic mass is 10.1. The van der Waals surface area contributed by atoms with Crippen molar-refractivity contribution in [3.05, 3.63) is 41.8 Å². The fourth-order valence-corrected chi connectivity index (χ4v) is 3.45. The molecule has 1 fully saturated rings. The van der Waals surface area contributed by atoms with Crippen molar-refractivity contribution in [3.8, 4) is 5.75 Å². The predicted molar refractivity (Wildman–Crippen MR) is 89.2 cm³/mol. The molecule has 2 aromatic rings. The molecule has 25 heavy (non-hydrogen) atoms. The Labute approximate surface area is 145 Å². The van der Waals surface area contributed by atoms with Crippen LogP contribution in [0.25, 0.3) is 0 Å².